The van der Waals surface area contributed by atoms with E-state index in [0.717, 1.165) is 37.8 Å². The van der Waals surface area contributed by atoms with Crippen LogP contribution < -0.4 is 0 Å². The molecule has 17 heavy (non-hydrogen) atoms. The van der Waals surface area contributed by atoms with Crippen LogP contribution in [0.5, 0.6) is 0 Å². The van der Waals surface area contributed by atoms with Crippen LogP contribution in [0.15, 0.2) is 18.2 Å². The number of aliphatic hydroxyl groups is 1. The fraction of sp³-hybridized carbons (Fsp3) is 0.571. The Labute approximate surface area is 100 Å². The van der Waals surface area contributed by atoms with Gasteiger partial charge >= 0.3 is 0 Å². The summed E-state index contributed by atoms with van der Waals surface area (Å²) in [6.07, 6.45) is 3.75. The SMILES string of the molecule is CC1(C(O)Cc2cc(F)ccc2F)CCCC1. The molecule has 0 aliphatic heterocycles. The fourth-order valence-electron chi connectivity index (χ4n) is 2.67. The Balaban J connectivity index is 2.12. The normalized spacial score (nSPS) is 20.5. The van der Waals surface area contributed by atoms with Gasteiger partial charge in [0.25, 0.3) is 0 Å². The lowest BCUT2D eigenvalue weighted by Crippen LogP contribution is -2.31. The number of rotatable bonds is 3. The molecule has 1 nitrogen and oxygen atoms in total. The molecule has 3 heteroatoms. The van der Waals surface area contributed by atoms with Crippen molar-refractivity contribution < 1.29 is 13.9 Å². The smallest absolute Gasteiger partial charge is 0.126 e. The van der Waals surface area contributed by atoms with E-state index >= 15 is 0 Å². The number of benzene rings is 1. The van der Waals surface area contributed by atoms with E-state index in [-0.39, 0.29) is 17.4 Å². The molecule has 0 bridgehead atoms. The molecule has 1 atom stereocenters. The van der Waals surface area contributed by atoms with Crippen molar-refractivity contribution in [1.82, 2.24) is 0 Å². The lowest BCUT2D eigenvalue weighted by Gasteiger charge is -2.30. The average Bonchev–Trinajstić information content (AvgIpc) is 2.72. The minimum atomic E-state index is -0.596. The molecule has 1 aliphatic rings. The van der Waals surface area contributed by atoms with E-state index in [1.807, 2.05) is 6.92 Å². The Morgan fingerprint density at radius 2 is 1.94 bits per heavy atom. The second kappa shape index (κ2) is 4.73. The van der Waals surface area contributed by atoms with Crippen molar-refractivity contribution in [2.24, 2.45) is 5.41 Å². The van der Waals surface area contributed by atoms with Crippen LogP contribution in [-0.2, 0) is 6.42 Å². The minimum absolute atomic E-state index is 0.140. The van der Waals surface area contributed by atoms with E-state index in [1.54, 1.807) is 0 Å². The largest absolute Gasteiger partial charge is 0.392 e. The van der Waals surface area contributed by atoms with Crippen molar-refractivity contribution >= 4 is 0 Å². The summed E-state index contributed by atoms with van der Waals surface area (Å²) in [4.78, 5) is 0. The van der Waals surface area contributed by atoms with Crippen molar-refractivity contribution in [2.45, 2.75) is 45.1 Å². The molecule has 0 radical (unpaired) electrons. The Morgan fingerprint density at radius 3 is 2.59 bits per heavy atom. The average molecular weight is 240 g/mol. The number of halogens is 2. The molecular formula is C14H18F2O. The van der Waals surface area contributed by atoms with Gasteiger partial charge in [0, 0.05) is 6.42 Å². The molecule has 1 N–H and O–H groups in total. The summed E-state index contributed by atoms with van der Waals surface area (Å²) in [5.74, 6) is -0.891. The first-order valence-electron chi connectivity index (χ1n) is 6.13. The summed E-state index contributed by atoms with van der Waals surface area (Å²) < 4.78 is 26.5. The number of hydrogen-bond acceptors (Lipinski definition) is 1. The molecule has 1 saturated carbocycles. The zero-order valence-corrected chi connectivity index (χ0v) is 10.0. The van der Waals surface area contributed by atoms with Gasteiger partial charge in [-0.2, -0.15) is 0 Å². The molecule has 0 spiro atoms. The third kappa shape index (κ3) is 2.65. The van der Waals surface area contributed by atoms with E-state index < -0.39 is 17.7 Å². The number of hydrogen-bond donors (Lipinski definition) is 1. The Kier molecular flexibility index (Phi) is 3.48. The topological polar surface area (TPSA) is 20.2 Å². The van der Waals surface area contributed by atoms with Gasteiger partial charge in [0.1, 0.15) is 11.6 Å². The molecule has 2 rings (SSSR count). The molecule has 0 amide bonds. The lowest BCUT2D eigenvalue weighted by atomic mass is 9.80. The molecule has 0 aromatic heterocycles. The molecule has 0 heterocycles. The van der Waals surface area contributed by atoms with Gasteiger partial charge in [0.15, 0.2) is 0 Å². The van der Waals surface area contributed by atoms with Crippen molar-refractivity contribution in [3.05, 3.63) is 35.4 Å². The van der Waals surface area contributed by atoms with Gasteiger partial charge in [-0.25, -0.2) is 8.78 Å². The molecule has 94 valence electrons. The molecule has 1 aromatic carbocycles. The molecule has 1 fully saturated rings. The highest BCUT2D eigenvalue weighted by atomic mass is 19.1. The van der Waals surface area contributed by atoms with Crippen molar-refractivity contribution in [3.63, 3.8) is 0 Å². The van der Waals surface area contributed by atoms with Crippen LogP contribution in [0.3, 0.4) is 0 Å². The summed E-state index contributed by atoms with van der Waals surface area (Å²) in [6, 6.07) is 3.40. The standard InChI is InChI=1S/C14H18F2O/c1-14(6-2-3-7-14)13(17)9-10-8-11(15)4-5-12(10)16/h4-5,8,13,17H,2-3,6-7,9H2,1H3. The monoisotopic (exact) mass is 240 g/mol. The van der Waals surface area contributed by atoms with Crippen molar-refractivity contribution in [3.8, 4) is 0 Å². The van der Waals surface area contributed by atoms with Crippen molar-refractivity contribution in [1.29, 1.82) is 0 Å². The van der Waals surface area contributed by atoms with E-state index in [1.165, 1.54) is 6.07 Å². The van der Waals surface area contributed by atoms with Gasteiger partial charge in [-0.3, -0.25) is 0 Å². The summed E-state index contributed by atoms with van der Waals surface area (Å²) >= 11 is 0. The highest BCUT2D eigenvalue weighted by molar-refractivity contribution is 5.20. The van der Waals surface area contributed by atoms with Crippen LogP contribution in [-0.4, -0.2) is 11.2 Å². The molecule has 1 unspecified atom stereocenters. The first kappa shape index (κ1) is 12.5. The van der Waals surface area contributed by atoms with Crippen LogP contribution in [0.1, 0.15) is 38.2 Å². The van der Waals surface area contributed by atoms with Gasteiger partial charge in [-0.05, 0) is 42.0 Å². The molecule has 1 aliphatic carbocycles. The van der Waals surface area contributed by atoms with Crippen molar-refractivity contribution in [2.75, 3.05) is 0 Å². The van der Waals surface area contributed by atoms with Crippen LogP contribution >= 0.6 is 0 Å². The third-order valence-electron chi connectivity index (χ3n) is 3.97. The van der Waals surface area contributed by atoms with Crippen LogP contribution in [0.25, 0.3) is 0 Å². The summed E-state index contributed by atoms with van der Waals surface area (Å²) in [6.45, 7) is 2.03. The first-order valence-corrected chi connectivity index (χ1v) is 6.13. The fourth-order valence-corrected chi connectivity index (χ4v) is 2.67. The van der Waals surface area contributed by atoms with Gasteiger partial charge in [0.2, 0.25) is 0 Å². The van der Waals surface area contributed by atoms with Crippen LogP contribution in [0, 0.1) is 17.0 Å². The predicted octanol–water partition coefficient (Wildman–Crippen LogP) is 3.45. The van der Waals surface area contributed by atoms with E-state index in [0.29, 0.717) is 0 Å². The second-order valence-electron chi connectivity index (χ2n) is 5.32. The predicted molar refractivity (Wildman–Crippen MR) is 62.6 cm³/mol. The summed E-state index contributed by atoms with van der Waals surface area (Å²) in [5.41, 5.74) is 0.129. The Hall–Kier alpha value is -0.960. The third-order valence-corrected chi connectivity index (χ3v) is 3.97. The first-order chi connectivity index (χ1) is 8.01. The zero-order valence-electron chi connectivity index (χ0n) is 10.0. The Morgan fingerprint density at radius 1 is 1.29 bits per heavy atom. The molecule has 1 aromatic rings. The maximum atomic E-state index is 13.5. The maximum Gasteiger partial charge on any atom is 0.126 e. The molecular weight excluding hydrogens is 222 g/mol. The van der Waals surface area contributed by atoms with Crippen LogP contribution in [0.2, 0.25) is 0 Å². The summed E-state index contributed by atoms with van der Waals surface area (Å²) in [7, 11) is 0. The highest BCUT2D eigenvalue weighted by Gasteiger charge is 2.36. The lowest BCUT2D eigenvalue weighted by molar-refractivity contribution is 0.0417. The van der Waals surface area contributed by atoms with E-state index in [9.17, 15) is 13.9 Å². The number of aliphatic hydroxyl groups excluding tert-OH is 1. The quantitative estimate of drug-likeness (QED) is 0.858. The van der Waals surface area contributed by atoms with Crippen LogP contribution in [0.4, 0.5) is 8.78 Å². The highest BCUT2D eigenvalue weighted by Crippen LogP contribution is 2.41. The van der Waals surface area contributed by atoms with Gasteiger partial charge in [-0.1, -0.05) is 19.8 Å². The Bertz CT molecular complexity index is 397. The van der Waals surface area contributed by atoms with Gasteiger partial charge < -0.3 is 5.11 Å². The maximum absolute atomic E-state index is 13.5. The van der Waals surface area contributed by atoms with E-state index in [4.69, 9.17) is 0 Å². The summed E-state index contributed by atoms with van der Waals surface area (Å²) in [5, 5.41) is 10.2. The van der Waals surface area contributed by atoms with E-state index in [2.05, 4.69) is 0 Å². The zero-order chi connectivity index (χ0) is 12.5. The van der Waals surface area contributed by atoms with Gasteiger partial charge in [0.05, 0.1) is 6.10 Å². The second-order valence-corrected chi connectivity index (χ2v) is 5.32. The minimum Gasteiger partial charge on any atom is -0.392 e. The molecule has 0 saturated heterocycles. The van der Waals surface area contributed by atoms with Gasteiger partial charge in [-0.15, -0.1) is 0 Å².